The molecular formula is C13H19N. The van der Waals surface area contributed by atoms with Gasteiger partial charge in [-0.25, -0.2) is 0 Å². The van der Waals surface area contributed by atoms with Crippen LogP contribution in [0.1, 0.15) is 30.5 Å². The fourth-order valence-electron chi connectivity index (χ4n) is 2.17. The summed E-state index contributed by atoms with van der Waals surface area (Å²) in [6.07, 6.45) is 1.19. The minimum atomic E-state index is 0.398. The van der Waals surface area contributed by atoms with Crippen molar-refractivity contribution in [2.75, 3.05) is 11.9 Å². The highest BCUT2D eigenvalue weighted by Crippen LogP contribution is 2.34. The van der Waals surface area contributed by atoms with Crippen LogP contribution in [0.3, 0.4) is 0 Å². The van der Waals surface area contributed by atoms with Crippen LogP contribution in [0.25, 0.3) is 0 Å². The zero-order valence-electron chi connectivity index (χ0n) is 9.57. The molecule has 0 aromatic heterocycles. The third-order valence-electron chi connectivity index (χ3n) is 3.23. The van der Waals surface area contributed by atoms with Crippen LogP contribution >= 0.6 is 0 Å². The summed E-state index contributed by atoms with van der Waals surface area (Å²) in [5, 5.41) is 3.56. The molecule has 0 saturated carbocycles. The Bertz CT molecular complexity index is 364. The topological polar surface area (TPSA) is 12.0 Å². The van der Waals surface area contributed by atoms with E-state index in [1.165, 1.54) is 28.8 Å². The molecule has 1 heteroatoms. The third-order valence-corrected chi connectivity index (χ3v) is 3.23. The van der Waals surface area contributed by atoms with Crippen molar-refractivity contribution in [2.24, 2.45) is 5.41 Å². The monoisotopic (exact) mass is 189 g/mol. The molecule has 0 spiro atoms. The van der Waals surface area contributed by atoms with Crippen molar-refractivity contribution < 1.29 is 0 Å². The normalized spacial score (nSPS) is 18.6. The van der Waals surface area contributed by atoms with Crippen molar-refractivity contribution in [2.45, 2.75) is 34.1 Å². The summed E-state index contributed by atoms with van der Waals surface area (Å²) < 4.78 is 0. The standard InChI is InChI=1S/C13H19N/c1-9-5-6-11-7-13(3,4)8-14-12(11)10(9)2/h5-6,14H,7-8H2,1-4H3. The SMILES string of the molecule is Cc1ccc2c(c1C)NCC(C)(C)C2. The van der Waals surface area contributed by atoms with E-state index < -0.39 is 0 Å². The summed E-state index contributed by atoms with van der Waals surface area (Å²) >= 11 is 0. The first-order valence-electron chi connectivity index (χ1n) is 5.32. The molecule has 1 nitrogen and oxygen atoms in total. The van der Waals surface area contributed by atoms with Crippen molar-refractivity contribution in [1.29, 1.82) is 0 Å². The Labute approximate surface area is 86.5 Å². The molecule has 0 unspecified atom stereocenters. The fraction of sp³-hybridized carbons (Fsp3) is 0.538. The van der Waals surface area contributed by atoms with E-state index in [1.807, 2.05) is 0 Å². The largest absolute Gasteiger partial charge is 0.384 e. The lowest BCUT2D eigenvalue weighted by atomic mass is 9.81. The van der Waals surface area contributed by atoms with Gasteiger partial charge in [-0.05, 0) is 42.4 Å². The highest BCUT2D eigenvalue weighted by atomic mass is 14.9. The lowest BCUT2D eigenvalue weighted by Gasteiger charge is -2.33. The number of hydrogen-bond acceptors (Lipinski definition) is 1. The Morgan fingerprint density at radius 3 is 2.64 bits per heavy atom. The van der Waals surface area contributed by atoms with Gasteiger partial charge in [0.1, 0.15) is 0 Å². The first-order valence-corrected chi connectivity index (χ1v) is 5.32. The molecule has 1 aliphatic rings. The minimum Gasteiger partial charge on any atom is -0.384 e. The average Bonchev–Trinajstić information content (AvgIpc) is 2.10. The van der Waals surface area contributed by atoms with Crippen LogP contribution in [0.15, 0.2) is 12.1 Å². The van der Waals surface area contributed by atoms with Gasteiger partial charge < -0.3 is 5.32 Å². The minimum absolute atomic E-state index is 0.398. The number of rotatable bonds is 0. The van der Waals surface area contributed by atoms with Gasteiger partial charge in [-0.3, -0.25) is 0 Å². The summed E-state index contributed by atoms with van der Waals surface area (Å²) in [4.78, 5) is 0. The molecule has 0 amide bonds. The molecule has 2 rings (SSSR count). The van der Waals surface area contributed by atoms with Crippen molar-refractivity contribution in [1.82, 2.24) is 0 Å². The Hall–Kier alpha value is -0.980. The Morgan fingerprint density at radius 1 is 1.21 bits per heavy atom. The summed E-state index contributed by atoms with van der Waals surface area (Å²) in [5.41, 5.74) is 6.05. The van der Waals surface area contributed by atoms with Crippen LogP contribution in [0.2, 0.25) is 0 Å². The van der Waals surface area contributed by atoms with Gasteiger partial charge in [-0.15, -0.1) is 0 Å². The molecule has 0 radical (unpaired) electrons. The molecule has 1 aromatic carbocycles. The second kappa shape index (κ2) is 3.01. The van der Waals surface area contributed by atoms with Crippen molar-refractivity contribution in [3.8, 4) is 0 Å². The van der Waals surface area contributed by atoms with Gasteiger partial charge in [-0.1, -0.05) is 26.0 Å². The summed E-state index contributed by atoms with van der Waals surface area (Å²) in [5.74, 6) is 0. The van der Waals surface area contributed by atoms with Crippen molar-refractivity contribution >= 4 is 5.69 Å². The first-order chi connectivity index (χ1) is 6.49. The molecule has 1 heterocycles. The van der Waals surface area contributed by atoms with Gasteiger partial charge in [0, 0.05) is 12.2 Å². The maximum Gasteiger partial charge on any atom is 0.0405 e. The zero-order valence-corrected chi connectivity index (χ0v) is 9.57. The molecule has 14 heavy (non-hydrogen) atoms. The van der Waals surface area contributed by atoms with Crippen molar-refractivity contribution in [3.05, 3.63) is 28.8 Å². The van der Waals surface area contributed by atoms with Crippen LogP contribution < -0.4 is 5.32 Å². The number of anilines is 1. The molecule has 1 aliphatic heterocycles. The van der Waals surface area contributed by atoms with Crippen LogP contribution in [-0.4, -0.2) is 6.54 Å². The maximum absolute atomic E-state index is 3.56. The quantitative estimate of drug-likeness (QED) is 0.660. The second-order valence-electron chi connectivity index (χ2n) is 5.24. The fourth-order valence-corrected chi connectivity index (χ4v) is 2.17. The summed E-state index contributed by atoms with van der Waals surface area (Å²) in [7, 11) is 0. The van der Waals surface area contributed by atoms with E-state index in [2.05, 4.69) is 45.1 Å². The molecule has 1 N–H and O–H groups in total. The Kier molecular flexibility index (Phi) is 2.06. The van der Waals surface area contributed by atoms with Crippen LogP contribution in [0, 0.1) is 19.3 Å². The number of aryl methyl sites for hydroxylation is 1. The molecule has 0 saturated heterocycles. The van der Waals surface area contributed by atoms with Crippen LogP contribution in [0.4, 0.5) is 5.69 Å². The van der Waals surface area contributed by atoms with E-state index in [0.717, 1.165) is 6.54 Å². The average molecular weight is 189 g/mol. The van der Waals surface area contributed by atoms with E-state index in [-0.39, 0.29) is 0 Å². The Balaban J connectivity index is 2.46. The van der Waals surface area contributed by atoms with Gasteiger partial charge in [0.25, 0.3) is 0 Å². The van der Waals surface area contributed by atoms with Crippen molar-refractivity contribution in [3.63, 3.8) is 0 Å². The van der Waals surface area contributed by atoms with E-state index in [1.54, 1.807) is 0 Å². The Morgan fingerprint density at radius 2 is 1.93 bits per heavy atom. The first kappa shape index (κ1) is 9.57. The van der Waals surface area contributed by atoms with Gasteiger partial charge in [0.15, 0.2) is 0 Å². The zero-order chi connectivity index (χ0) is 10.3. The molecule has 76 valence electrons. The van der Waals surface area contributed by atoms with Crippen LogP contribution in [-0.2, 0) is 6.42 Å². The van der Waals surface area contributed by atoms with E-state index in [0.29, 0.717) is 5.41 Å². The van der Waals surface area contributed by atoms with Gasteiger partial charge >= 0.3 is 0 Å². The molecule has 0 aliphatic carbocycles. The highest BCUT2D eigenvalue weighted by molar-refractivity contribution is 5.61. The van der Waals surface area contributed by atoms with Gasteiger partial charge in [0.05, 0.1) is 0 Å². The van der Waals surface area contributed by atoms with Gasteiger partial charge in [0.2, 0.25) is 0 Å². The number of nitrogens with one attached hydrogen (secondary N) is 1. The number of hydrogen-bond donors (Lipinski definition) is 1. The molecule has 0 bridgehead atoms. The second-order valence-corrected chi connectivity index (χ2v) is 5.24. The predicted molar refractivity (Wildman–Crippen MR) is 61.9 cm³/mol. The van der Waals surface area contributed by atoms with E-state index in [9.17, 15) is 0 Å². The molecular weight excluding hydrogens is 170 g/mol. The molecule has 0 atom stereocenters. The predicted octanol–water partition coefficient (Wildman–Crippen LogP) is 3.30. The number of fused-ring (bicyclic) bond motifs is 1. The third kappa shape index (κ3) is 1.52. The molecule has 1 aromatic rings. The maximum atomic E-state index is 3.56. The lowest BCUT2D eigenvalue weighted by molar-refractivity contribution is 0.379. The lowest BCUT2D eigenvalue weighted by Crippen LogP contribution is -2.31. The van der Waals surface area contributed by atoms with Gasteiger partial charge in [-0.2, -0.15) is 0 Å². The van der Waals surface area contributed by atoms with Crippen LogP contribution in [0.5, 0.6) is 0 Å². The highest BCUT2D eigenvalue weighted by Gasteiger charge is 2.25. The smallest absolute Gasteiger partial charge is 0.0405 e. The number of benzene rings is 1. The summed E-state index contributed by atoms with van der Waals surface area (Å²) in [6.45, 7) is 10.1. The van der Waals surface area contributed by atoms with E-state index in [4.69, 9.17) is 0 Å². The van der Waals surface area contributed by atoms with E-state index >= 15 is 0 Å². The summed E-state index contributed by atoms with van der Waals surface area (Å²) in [6, 6.07) is 4.50. The molecule has 0 fully saturated rings.